The van der Waals surface area contributed by atoms with Crippen LogP contribution in [0.25, 0.3) is 10.9 Å². The highest BCUT2D eigenvalue weighted by Gasteiger charge is 2.43. The Bertz CT molecular complexity index is 1150. The van der Waals surface area contributed by atoms with Crippen LogP contribution < -0.4 is 10.5 Å². The summed E-state index contributed by atoms with van der Waals surface area (Å²) in [6.07, 6.45) is -4.04. The third-order valence-corrected chi connectivity index (χ3v) is 6.56. The molecule has 0 bridgehead atoms. The van der Waals surface area contributed by atoms with Gasteiger partial charge in [0, 0.05) is 22.1 Å². The molecule has 0 aliphatic rings. The molecule has 1 heterocycles. The molecule has 3 aromatic rings. The van der Waals surface area contributed by atoms with Gasteiger partial charge < -0.3 is 10.7 Å². The van der Waals surface area contributed by atoms with Crippen molar-refractivity contribution in [1.29, 1.82) is 0 Å². The summed E-state index contributed by atoms with van der Waals surface area (Å²) in [6.45, 7) is 1.81. The Labute approximate surface area is 175 Å². The first-order valence-corrected chi connectivity index (χ1v) is 10.5. The standard InChI is InChI=1S/C18H16Cl2F3N3O2S/c1-9-2-3-15-12(4-9)10(8-25-15)5-16(18(21,22)23)26-29(27,28)17-13(20)6-11(19)7-14(17)24/h2-4,6-8,16,25-26H,5,24H2,1H3. The minimum Gasteiger partial charge on any atom is -0.398 e. The number of anilines is 1. The van der Waals surface area contributed by atoms with Gasteiger partial charge in [-0.25, -0.2) is 8.42 Å². The maximum absolute atomic E-state index is 13.7. The summed E-state index contributed by atoms with van der Waals surface area (Å²) in [5, 5.41) is 0.279. The van der Waals surface area contributed by atoms with Gasteiger partial charge in [-0.3, -0.25) is 0 Å². The number of nitrogens with one attached hydrogen (secondary N) is 2. The molecular formula is C18H16Cl2F3N3O2S. The molecule has 3 rings (SSSR count). The molecule has 11 heteroatoms. The van der Waals surface area contributed by atoms with Gasteiger partial charge in [-0.05, 0) is 43.2 Å². The Kier molecular flexibility index (Phi) is 5.79. The minimum atomic E-state index is -4.85. The summed E-state index contributed by atoms with van der Waals surface area (Å²) in [4.78, 5) is 2.25. The van der Waals surface area contributed by atoms with E-state index < -0.39 is 33.6 Å². The van der Waals surface area contributed by atoms with E-state index in [-0.39, 0.29) is 15.7 Å². The molecule has 0 saturated carbocycles. The van der Waals surface area contributed by atoms with Gasteiger partial charge in [0.05, 0.1) is 10.7 Å². The Hall–Kier alpha value is -1.94. The molecule has 1 atom stereocenters. The molecule has 0 aliphatic carbocycles. The molecule has 0 aliphatic heterocycles. The number of alkyl halides is 3. The molecule has 2 aromatic carbocycles. The average Bonchev–Trinajstić information content (AvgIpc) is 2.94. The lowest BCUT2D eigenvalue weighted by Crippen LogP contribution is -2.46. The van der Waals surface area contributed by atoms with Gasteiger partial charge in [-0.1, -0.05) is 34.8 Å². The quantitative estimate of drug-likeness (QED) is 0.472. The third kappa shape index (κ3) is 4.63. The lowest BCUT2D eigenvalue weighted by Gasteiger charge is -2.22. The molecule has 1 aromatic heterocycles. The van der Waals surface area contributed by atoms with Crippen molar-refractivity contribution in [3.8, 4) is 0 Å². The van der Waals surface area contributed by atoms with Crippen LogP contribution in [0.3, 0.4) is 0 Å². The Morgan fingerprint density at radius 2 is 1.90 bits per heavy atom. The van der Waals surface area contributed by atoms with Gasteiger partial charge in [0.1, 0.15) is 10.9 Å². The van der Waals surface area contributed by atoms with E-state index in [1.165, 1.54) is 6.20 Å². The number of hydrogen-bond donors (Lipinski definition) is 3. The van der Waals surface area contributed by atoms with E-state index in [9.17, 15) is 21.6 Å². The van der Waals surface area contributed by atoms with Crippen LogP contribution in [-0.2, 0) is 16.4 Å². The van der Waals surface area contributed by atoms with E-state index in [1.807, 2.05) is 13.0 Å². The smallest absolute Gasteiger partial charge is 0.398 e. The van der Waals surface area contributed by atoms with Crippen LogP contribution in [0.15, 0.2) is 41.4 Å². The topological polar surface area (TPSA) is 88.0 Å². The number of H-pyrrole nitrogens is 1. The fraction of sp³-hybridized carbons (Fsp3) is 0.222. The van der Waals surface area contributed by atoms with Crippen molar-refractivity contribution >= 4 is 49.8 Å². The number of hydrogen-bond acceptors (Lipinski definition) is 3. The predicted octanol–water partition coefficient (Wildman–Crippen LogP) is 4.82. The van der Waals surface area contributed by atoms with Crippen molar-refractivity contribution in [1.82, 2.24) is 9.71 Å². The van der Waals surface area contributed by atoms with Crippen molar-refractivity contribution in [3.63, 3.8) is 0 Å². The number of halogens is 5. The van der Waals surface area contributed by atoms with Crippen molar-refractivity contribution in [2.24, 2.45) is 0 Å². The van der Waals surface area contributed by atoms with Gasteiger partial charge in [0.2, 0.25) is 10.0 Å². The first-order valence-electron chi connectivity index (χ1n) is 8.28. The predicted molar refractivity (Wildman–Crippen MR) is 108 cm³/mol. The number of benzene rings is 2. The highest BCUT2D eigenvalue weighted by atomic mass is 35.5. The number of nitrogen functional groups attached to an aromatic ring is 1. The molecule has 29 heavy (non-hydrogen) atoms. The highest BCUT2D eigenvalue weighted by Crippen LogP contribution is 2.33. The van der Waals surface area contributed by atoms with Gasteiger partial charge in [-0.15, -0.1) is 0 Å². The van der Waals surface area contributed by atoms with Crippen LogP contribution in [0.5, 0.6) is 0 Å². The van der Waals surface area contributed by atoms with Crippen LogP contribution in [0.4, 0.5) is 18.9 Å². The molecule has 0 fully saturated rings. The molecule has 4 N–H and O–H groups in total. The summed E-state index contributed by atoms with van der Waals surface area (Å²) in [6, 6.07) is 5.11. The summed E-state index contributed by atoms with van der Waals surface area (Å²) in [5.74, 6) is 0. The molecule has 156 valence electrons. The first-order chi connectivity index (χ1) is 13.4. The fourth-order valence-corrected chi connectivity index (χ4v) is 5.22. The van der Waals surface area contributed by atoms with Crippen molar-refractivity contribution in [3.05, 3.63) is 57.7 Å². The first kappa shape index (κ1) is 21.8. The Morgan fingerprint density at radius 1 is 1.21 bits per heavy atom. The number of fused-ring (bicyclic) bond motifs is 1. The molecule has 0 spiro atoms. The van der Waals surface area contributed by atoms with E-state index in [4.69, 9.17) is 28.9 Å². The second-order valence-corrected chi connectivity index (χ2v) is 9.08. The van der Waals surface area contributed by atoms with Crippen LogP contribution in [0, 0.1) is 6.92 Å². The van der Waals surface area contributed by atoms with Crippen molar-refractivity contribution < 1.29 is 21.6 Å². The fourth-order valence-electron chi connectivity index (χ4n) is 3.02. The summed E-state index contributed by atoms with van der Waals surface area (Å²) in [5.41, 5.74) is 7.14. The van der Waals surface area contributed by atoms with Crippen molar-refractivity contribution in [2.75, 3.05) is 5.73 Å². The normalized spacial score (nSPS) is 13.7. The number of aromatic amines is 1. The SMILES string of the molecule is Cc1ccc2[nH]cc(CC(NS(=O)(=O)c3c(N)cc(Cl)cc3Cl)C(F)(F)F)c2c1. The van der Waals surface area contributed by atoms with E-state index in [1.54, 1.807) is 16.9 Å². The molecule has 5 nitrogen and oxygen atoms in total. The number of sulfonamides is 1. The molecule has 0 radical (unpaired) electrons. The van der Waals surface area contributed by atoms with E-state index >= 15 is 0 Å². The van der Waals surface area contributed by atoms with E-state index in [0.29, 0.717) is 16.5 Å². The maximum Gasteiger partial charge on any atom is 0.405 e. The Balaban J connectivity index is 1.99. The van der Waals surface area contributed by atoms with Crippen molar-refractivity contribution in [2.45, 2.75) is 30.5 Å². The van der Waals surface area contributed by atoms with Gasteiger partial charge in [-0.2, -0.15) is 17.9 Å². The second kappa shape index (κ2) is 7.71. The van der Waals surface area contributed by atoms with Crippen LogP contribution in [0.2, 0.25) is 10.0 Å². The van der Waals surface area contributed by atoms with Gasteiger partial charge in [0.25, 0.3) is 0 Å². The molecular weight excluding hydrogens is 450 g/mol. The monoisotopic (exact) mass is 465 g/mol. The average molecular weight is 466 g/mol. The summed E-state index contributed by atoms with van der Waals surface area (Å²) in [7, 11) is -4.68. The zero-order valence-corrected chi connectivity index (χ0v) is 17.3. The number of aryl methyl sites for hydroxylation is 1. The molecule has 0 saturated heterocycles. The summed E-state index contributed by atoms with van der Waals surface area (Å²) >= 11 is 11.6. The van der Waals surface area contributed by atoms with Crippen LogP contribution in [-0.4, -0.2) is 25.6 Å². The highest BCUT2D eigenvalue weighted by molar-refractivity contribution is 7.89. The number of rotatable bonds is 5. The number of nitrogens with two attached hydrogens (primary N) is 1. The second-order valence-electron chi connectivity index (χ2n) is 6.59. The maximum atomic E-state index is 13.7. The lowest BCUT2D eigenvalue weighted by molar-refractivity contribution is -0.150. The number of aromatic nitrogens is 1. The minimum absolute atomic E-state index is 0.0629. The zero-order valence-electron chi connectivity index (χ0n) is 14.9. The van der Waals surface area contributed by atoms with Gasteiger partial charge >= 0.3 is 6.18 Å². The summed E-state index contributed by atoms with van der Waals surface area (Å²) < 4.78 is 68.1. The largest absolute Gasteiger partial charge is 0.405 e. The van der Waals surface area contributed by atoms with E-state index in [2.05, 4.69) is 4.98 Å². The Morgan fingerprint density at radius 3 is 2.52 bits per heavy atom. The van der Waals surface area contributed by atoms with Crippen LogP contribution in [0.1, 0.15) is 11.1 Å². The van der Waals surface area contributed by atoms with E-state index in [0.717, 1.165) is 17.7 Å². The third-order valence-electron chi connectivity index (χ3n) is 4.35. The van der Waals surface area contributed by atoms with Crippen LogP contribution >= 0.6 is 23.2 Å². The zero-order chi connectivity index (χ0) is 21.6. The molecule has 0 amide bonds. The lowest BCUT2D eigenvalue weighted by atomic mass is 10.0. The molecule has 1 unspecified atom stereocenters. The van der Waals surface area contributed by atoms with Gasteiger partial charge in [0.15, 0.2) is 0 Å².